The number of amides is 1. The van der Waals surface area contributed by atoms with Crippen molar-refractivity contribution in [2.45, 2.75) is 52.1 Å². The molecule has 0 saturated carbocycles. The van der Waals surface area contributed by atoms with Crippen LogP contribution in [0.5, 0.6) is 0 Å². The van der Waals surface area contributed by atoms with E-state index in [2.05, 4.69) is 10.3 Å². The summed E-state index contributed by atoms with van der Waals surface area (Å²) in [6.45, 7) is 5.75. The zero-order valence-corrected chi connectivity index (χ0v) is 18.2. The van der Waals surface area contributed by atoms with Crippen LogP contribution in [0.4, 0.5) is 13.2 Å². The van der Waals surface area contributed by atoms with E-state index in [-0.39, 0.29) is 48.2 Å². The van der Waals surface area contributed by atoms with Crippen LogP contribution in [-0.4, -0.2) is 21.8 Å². The van der Waals surface area contributed by atoms with Crippen LogP contribution in [0.15, 0.2) is 65.3 Å². The maximum Gasteiger partial charge on any atom is 0.416 e. The predicted molar refractivity (Wildman–Crippen MR) is 115 cm³/mol. The highest BCUT2D eigenvalue weighted by atomic mass is 19.4. The predicted octanol–water partition coefficient (Wildman–Crippen LogP) is 5.60. The molecule has 0 aliphatic carbocycles. The third-order valence-electron chi connectivity index (χ3n) is 5.07. The van der Waals surface area contributed by atoms with Gasteiger partial charge in [0.25, 0.3) is 5.91 Å². The topological polar surface area (TPSA) is 58.4 Å². The quantitative estimate of drug-likeness (QED) is 0.491. The van der Waals surface area contributed by atoms with Gasteiger partial charge in [-0.25, -0.2) is 4.98 Å². The highest BCUT2D eigenvalue weighted by Gasteiger charge is 2.34. The first-order valence-electron chi connectivity index (χ1n) is 10.3. The summed E-state index contributed by atoms with van der Waals surface area (Å²) in [4.78, 5) is 18.3. The van der Waals surface area contributed by atoms with Gasteiger partial charge in [-0.15, -0.1) is 0 Å². The second-order valence-electron chi connectivity index (χ2n) is 7.90. The summed E-state index contributed by atoms with van der Waals surface area (Å²) in [7, 11) is 0. The Morgan fingerprint density at radius 2 is 1.69 bits per heavy atom. The minimum Gasteiger partial charge on any atom is -0.447 e. The third-order valence-corrected chi connectivity index (χ3v) is 5.07. The molecule has 0 unspecified atom stereocenters. The van der Waals surface area contributed by atoms with Gasteiger partial charge in [0, 0.05) is 18.6 Å². The smallest absolute Gasteiger partial charge is 0.416 e. The van der Waals surface area contributed by atoms with Crippen molar-refractivity contribution >= 4 is 5.91 Å². The molecule has 1 N–H and O–H groups in total. The molecule has 32 heavy (non-hydrogen) atoms. The minimum absolute atomic E-state index is 0.0294. The lowest BCUT2D eigenvalue weighted by atomic mass is 10.0. The van der Waals surface area contributed by atoms with Crippen molar-refractivity contribution in [2.24, 2.45) is 0 Å². The zero-order valence-electron chi connectivity index (χ0n) is 18.2. The lowest BCUT2D eigenvalue weighted by molar-refractivity contribution is -0.138. The fraction of sp³-hybridized carbons (Fsp3) is 0.333. The van der Waals surface area contributed by atoms with Gasteiger partial charge in [0.15, 0.2) is 5.69 Å². The number of carbonyl (C=O) groups excluding carboxylic acids is 1. The SMILES string of the molecule is CC(C)NC(=O)c1coc(CN(Cc2ccccc2C(F)(F)F)[C@H](C)c2ccccc2)n1. The van der Waals surface area contributed by atoms with Gasteiger partial charge < -0.3 is 9.73 Å². The first kappa shape index (κ1) is 23.5. The Bertz CT molecular complexity index is 1030. The Kier molecular flexibility index (Phi) is 7.35. The molecule has 1 aromatic heterocycles. The Hall–Kier alpha value is -3.13. The van der Waals surface area contributed by atoms with Crippen LogP contribution in [0.25, 0.3) is 0 Å². The van der Waals surface area contributed by atoms with Gasteiger partial charge in [-0.2, -0.15) is 13.2 Å². The molecule has 1 heterocycles. The molecule has 1 amide bonds. The lowest BCUT2D eigenvalue weighted by Crippen LogP contribution is -2.30. The number of hydrogen-bond acceptors (Lipinski definition) is 4. The van der Waals surface area contributed by atoms with Crippen molar-refractivity contribution in [3.63, 3.8) is 0 Å². The molecule has 0 bridgehead atoms. The number of nitrogens with zero attached hydrogens (tertiary/aromatic N) is 2. The van der Waals surface area contributed by atoms with Crippen LogP contribution < -0.4 is 5.32 Å². The Morgan fingerprint density at radius 3 is 2.34 bits per heavy atom. The average molecular weight is 445 g/mol. The van der Waals surface area contributed by atoms with E-state index >= 15 is 0 Å². The highest BCUT2D eigenvalue weighted by molar-refractivity contribution is 5.92. The zero-order chi connectivity index (χ0) is 23.3. The summed E-state index contributed by atoms with van der Waals surface area (Å²) in [5.41, 5.74) is 0.569. The van der Waals surface area contributed by atoms with E-state index < -0.39 is 11.7 Å². The maximum absolute atomic E-state index is 13.6. The van der Waals surface area contributed by atoms with Gasteiger partial charge in [0.1, 0.15) is 6.26 Å². The van der Waals surface area contributed by atoms with Gasteiger partial charge >= 0.3 is 6.18 Å². The van der Waals surface area contributed by atoms with Crippen molar-refractivity contribution in [3.05, 3.63) is 89.1 Å². The Balaban J connectivity index is 1.89. The summed E-state index contributed by atoms with van der Waals surface area (Å²) < 4.78 is 46.1. The Labute approximate surface area is 185 Å². The number of carbonyl (C=O) groups is 1. The highest BCUT2D eigenvalue weighted by Crippen LogP contribution is 2.34. The van der Waals surface area contributed by atoms with E-state index in [1.165, 1.54) is 18.4 Å². The molecule has 3 aromatic rings. The molecule has 0 aliphatic rings. The van der Waals surface area contributed by atoms with Crippen molar-refractivity contribution in [2.75, 3.05) is 0 Å². The molecule has 170 valence electrons. The lowest BCUT2D eigenvalue weighted by Gasteiger charge is -2.29. The fourth-order valence-corrected chi connectivity index (χ4v) is 3.42. The molecule has 0 aliphatic heterocycles. The summed E-state index contributed by atoms with van der Waals surface area (Å²) in [5.74, 6) is -0.105. The number of hydrogen-bond donors (Lipinski definition) is 1. The molecular formula is C24H26F3N3O2. The average Bonchev–Trinajstić information content (AvgIpc) is 3.21. The second-order valence-corrected chi connectivity index (χ2v) is 7.90. The maximum atomic E-state index is 13.6. The molecule has 0 fully saturated rings. The first-order chi connectivity index (χ1) is 15.1. The van der Waals surface area contributed by atoms with Crippen molar-refractivity contribution in [1.29, 1.82) is 0 Å². The molecule has 1 atom stereocenters. The van der Waals surface area contributed by atoms with E-state index in [0.29, 0.717) is 0 Å². The van der Waals surface area contributed by atoms with Gasteiger partial charge in [-0.3, -0.25) is 9.69 Å². The molecule has 0 spiro atoms. The fourth-order valence-electron chi connectivity index (χ4n) is 3.42. The summed E-state index contributed by atoms with van der Waals surface area (Å²) in [6.07, 6.45) is -3.19. The molecule has 2 aromatic carbocycles. The van der Waals surface area contributed by atoms with E-state index in [9.17, 15) is 18.0 Å². The monoisotopic (exact) mass is 445 g/mol. The molecule has 3 rings (SSSR count). The number of halogens is 3. The third kappa shape index (κ3) is 5.97. The summed E-state index contributed by atoms with van der Waals surface area (Å²) >= 11 is 0. The van der Waals surface area contributed by atoms with E-state index in [1.807, 2.05) is 56.0 Å². The van der Waals surface area contributed by atoms with Crippen molar-refractivity contribution in [3.8, 4) is 0 Å². The van der Waals surface area contributed by atoms with Crippen molar-refractivity contribution < 1.29 is 22.4 Å². The standard InChI is InChI=1S/C24H26F3N3O2/c1-16(2)28-23(31)21-15-32-22(29-21)14-30(17(3)18-9-5-4-6-10-18)13-19-11-7-8-12-20(19)24(25,26)27/h4-12,15-17H,13-14H2,1-3H3,(H,28,31)/t17-/m1/s1. The largest absolute Gasteiger partial charge is 0.447 e. The number of benzene rings is 2. The molecule has 0 saturated heterocycles. The second kappa shape index (κ2) is 9.99. The van der Waals surface area contributed by atoms with Gasteiger partial charge in [-0.1, -0.05) is 48.5 Å². The number of rotatable bonds is 8. The van der Waals surface area contributed by atoms with Gasteiger partial charge in [0.2, 0.25) is 5.89 Å². The van der Waals surface area contributed by atoms with Gasteiger partial charge in [0.05, 0.1) is 12.1 Å². The van der Waals surface area contributed by atoms with Crippen LogP contribution >= 0.6 is 0 Å². The van der Waals surface area contributed by atoms with E-state index in [4.69, 9.17) is 4.42 Å². The van der Waals surface area contributed by atoms with Crippen LogP contribution in [0.3, 0.4) is 0 Å². The molecule has 5 nitrogen and oxygen atoms in total. The van der Waals surface area contributed by atoms with E-state index in [0.717, 1.165) is 11.6 Å². The summed E-state index contributed by atoms with van der Waals surface area (Å²) in [5, 5.41) is 2.74. The van der Waals surface area contributed by atoms with Gasteiger partial charge in [-0.05, 0) is 38.0 Å². The number of oxazole rings is 1. The van der Waals surface area contributed by atoms with Crippen LogP contribution in [0.2, 0.25) is 0 Å². The summed E-state index contributed by atoms with van der Waals surface area (Å²) in [6, 6.07) is 14.7. The minimum atomic E-state index is -4.46. The number of alkyl halides is 3. The van der Waals surface area contributed by atoms with Crippen LogP contribution in [0.1, 0.15) is 59.9 Å². The molecular weight excluding hydrogens is 419 g/mol. The van der Waals surface area contributed by atoms with Crippen LogP contribution in [0, 0.1) is 0 Å². The number of aromatic nitrogens is 1. The number of nitrogens with one attached hydrogen (secondary N) is 1. The van der Waals surface area contributed by atoms with Crippen molar-refractivity contribution in [1.82, 2.24) is 15.2 Å². The molecule has 8 heteroatoms. The first-order valence-corrected chi connectivity index (χ1v) is 10.3. The molecule has 0 radical (unpaired) electrons. The normalized spacial score (nSPS) is 12.9. The van der Waals surface area contributed by atoms with E-state index in [1.54, 1.807) is 6.07 Å². The van der Waals surface area contributed by atoms with Crippen LogP contribution in [-0.2, 0) is 19.3 Å². The Morgan fingerprint density at radius 1 is 1.03 bits per heavy atom.